The third kappa shape index (κ3) is 4.73. The Morgan fingerprint density at radius 2 is 2.11 bits per heavy atom. The van der Waals surface area contributed by atoms with Crippen LogP contribution in [0.25, 0.3) is 0 Å². The minimum Gasteiger partial charge on any atom is -0.480 e. The highest BCUT2D eigenvalue weighted by molar-refractivity contribution is 5.80. The van der Waals surface area contributed by atoms with Crippen molar-refractivity contribution in [1.82, 2.24) is 10.2 Å². The quantitative estimate of drug-likeness (QED) is 0.806. The standard InChI is InChI=1S/C14H26N2O3/c1-5-10(2)16(9-12(17)18)13(19)15-11-6-7-14(3,4)8-11/h10-11H,5-9H2,1-4H3,(H,15,19)(H,17,18). The van der Waals surface area contributed by atoms with Gasteiger partial charge in [0.05, 0.1) is 0 Å². The lowest BCUT2D eigenvalue weighted by molar-refractivity contribution is -0.138. The molecule has 1 aliphatic rings. The lowest BCUT2D eigenvalue weighted by Crippen LogP contribution is -2.49. The van der Waals surface area contributed by atoms with Crippen molar-refractivity contribution >= 4 is 12.0 Å². The molecule has 0 aromatic heterocycles. The van der Waals surface area contributed by atoms with Crippen LogP contribution in [0, 0.1) is 5.41 Å². The largest absolute Gasteiger partial charge is 0.480 e. The highest BCUT2D eigenvalue weighted by atomic mass is 16.4. The first kappa shape index (κ1) is 15.8. The van der Waals surface area contributed by atoms with Crippen LogP contribution in [-0.2, 0) is 4.79 Å². The van der Waals surface area contributed by atoms with E-state index in [0.717, 1.165) is 25.7 Å². The predicted octanol–water partition coefficient (Wildman–Crippen LogP) is 2.46. The average molecular weight is 270 g/mol. The van der Waals surface area contributed by atoms with E-state index in [1.54, 1.807) is 0 Å². The van der Waals surface area contributed by atoms with E-state index in [2.05, 4.69) is 19.2 Å². The Bertz CT molecular complexity index is 342. The van der Waals surface area contributed by atoms with Gasteiger partial charge in [-0.2, -0.15) is 0 Å². The Balaban J connectivity index is 2.59. The van der Waals surface area contributed by atoms with Crippen molar-refractivity contribution in [2.45, 2.75) is 65.5 Å². The summed E-state index contributed by atoms with van der Waals surface area (Å²) in [6, 6.07) is -0.146. The molecule has 5 heteroatoms. The maximum atomic E-state index is 12.2. The van der Waals surface area contributed by atoms with Gasteiger partial charge in [0.25, 0.3) is 0 Å². The van der Waals surface area contributed by atoms with E-state index in [1.165, 1.54) is 4.90 Å². The number of nitrogens with one attached hydrogen (secondary N) is 1. The number of amides is 2. The zero-order chi connectivity index (χ0) is 14.6. The molecule has 19 heavy (non-hydrogen) atoms. The number of rotatable bonds is 5. The van der Waals surface area contributed by atoms with E-state index in [9.17, 15) is 9.59 Å². The Morgan fingerprint density at radius 3 is 2.53 bits per heavy atom. The summed E-state index contributed by atoms with van der Waals surface area (Å²) in [6.45, 7) is 7.98. The molecule has 0 radical (unpaired) electrons. The van der Waals surface area contributed by atoms with E-state index < -0.39 is 5.97 Å². The molecule has 2 N–H and O–H groups in total. The molecule has 0 spiro atoms. The minimum atomic E-state index is -0.970. The van der Waals surface area contributed by atoms with Gasteiger partial charge >= 0.3 is 12.0 Å². The summed E-state index contributed by atoms with van der Waals surface area (Å²) >= 11 is 0. The van der Waals surface area contributed by atoms with Gasteiger partial charge in [-0.1, -0.05) is 20.8 Å². The van der Waals surface area contributed by atoms with Gasteiger partial charge in [0.15, 0.2) is 0 Å². The Hall–Kier alpha value is -1.26. The zero-order valence-corrected chi connectivity index (χ0v) is 12.4. The maximum absolute atomic E-state index is 12.2. The molecule has 1 fully saturated rings. The molecule has 5 nitrogen and oxygen atoms in total. The third-order valence-corrected chi connectivity index (χ3v) is 3.99. The summed E-state index contributed by atoms with van der Waals surface area (Å²) in [5, 5.41) is 11.9. The molecule has 2 unspecified atom stereocenters. The molecule has 0 bridgehead atoms. The van der Waals surface area contributed by atoms with Crippen molar-refractivity contribution < 1.29 is 14.7 Å². The summed E-state index contributed by atoms with van der Waals surface area (Å²) in [6.07, 6.45) is 3.78. The van der Waals surface area contributed by atoms with Gasteiger partial charge in [-0.15, -0.1) is 0 Å². The molecule has 2 atom stereocenters. The lowest BCUT2D eigenvalue weighted by atomic mass is 9.92. The molecule has 1 aliphatic carbocycles. The van der Waals surface area contributed by atoms with Crippen LogP contribution in [0.15, 0.2) is 0 Å². The smallest absolute Gasteiger partial charge is 0.323 e. The number of carbonyl (C=O) groups is 2. The van der Waals surface area contributed by atoms with Crippen molar-refractivity contribution in [3.05, 3.63) is 0 Å². The molecule has 2 amide bonds. The van der Waals surface area contributed by atoms with E-state index in [1.807, 2.05) is 13.8 Å². The van der Waals surface area contributed by atoms with Gasteiger partial charge in [-0.25, -0.2) is 4.79 Å². The first-order valence-electron chi connectivity index (χ1n) is 7.04. The summed E-state index contributed by atoms with van der Waals surface area (Å²) in [4.78, 5) is 24.5. The second kappa shape index (κ2) is 6.26. The summed E-state index contributed by atoms with van der Waals surface area (Å²) < 4.78 is 0. The molecule has 110 valence electrons. The van der Waals surface area contributed by atoms with Crippen LogP contribution in [0.1, 0.15) is 53.4 Å². The van der Waals surface area contributed by atoms with Gasteiger partial charge < -0.3 is 15.3 Å². The molecule has 0 aromatic carbocycles. The Labute approximate surface area is 115 Å². The number of nitrogens with zero attached hydrogens (tertiary/aromatic N) is 1. The first-order chi connectivity index (χ1) is 8.75. The minimum absolute atomic E-state index is 0.0643. The topological polar surface area (TPSA) is 69.6 Å². The molecule has 0 heterocycles. The molecule has 1 rings (SSSR count). The molecule has 0 aromatic rings. The van der Waals surface area contributed by atoms with Crippen molar-refractivity contribution in [2.24, 2.45) is 5.41 Å². The highest BCUT2D eigenvalue weighted by Crippen LogP contribution is 2.36. The Morgan fingerprint density at radius 1 is 1.47 bits per heavy atom. The Kier molecular flexibility index (Phi) is 5.20. The fourth-order valence-corrected chi connectivity index (χ4v) is 2.61. The van der Waals surface area contributed by atoms with E-state index in [4.69, 9.17) is 5.11 Å². The molecule has 1 saturated carbocycles. The van der Waals surface area contributed by atoms with Crippen molar-refractivity contribution in [3.63, 3.8) is 0 Å². The number of carboxylic acids is 1. The zero-order valence-electron chi connectivity index (χ0n) is 12.4. The second-order valence-corrected chi connectivity index (χ2v) is 6.33. The third-order valence-electron chi connectivity index (χ3n) is 3.99. The van der Waals surface area contributed by atoms with Crippen molar-refractivity contribution in [1.29, 1.82) is 0 Å². The van der Waals surface area contributed by atoms with Crippen LogP contribution in [-0.4, -0.2) is 40.6 Å². The van der Waals surface area contributed by atoms with Crippen molar-refractivity contribution in [2.75, 3.05) is 6.54 Å². The van der Waals surface area contributed by atoms with E-state index in [-0.39, 0.29) is 30.1 Å². The number of aliphatic carboxylic acids is 1. The normalized spacial score (nSPS) is 22.8. The highest BCUT2D eigenvalue weighted by Gasteiger charge is 2.33. The molecule has 0 aliphatic heterocycles. The van der Waals surface area contributed by atoms with Gasteiger partial charge in [0.2, 0.25) is 0 Å². The summed E-state index contributed by atoms with van der Waals surface area (Å²) in [5.41, 5.74) is 0.270. The number of hydrogen-bond donors (Lipinski definition) is 2. The number of hydrogen-bond acceptors (Lipinski definition) is 2. The van der Waals surface area contributed by atoms with Gasteiger partial charge in [-0.3, -0.25) is 4.79 Å². The SMILES string of the molecule is CCC(C)N(CC(=O)O)C(=O)NC1CCC(C)(C)C1. The maximum Gasteiger partial charge on any atom is 0.323 e. The molecular weight excluding hydrogens is 244 g/mol. The van der Waals surface area contributed by atoms with Crippen LogP contribution < -0.4 is 5.32 Å². The van der Waals surface area contributed by atoms with Crippen molar-refractivity contribution in [3.8, 4) is 0 Å². The fraction of sp³-hybridized carbons (Fsp3) is 0.857. The summed E-state index contributed by atoms with van der Waals surface area (Å²) in [7, 11) is 0. The van der Waals surface area contributed by atoms with Crippen LogP contribution >= 0.6 is 0 Å². The van der Waals surface area contributed by atoms with Gasteiger partial charge in [-0.05, 0) is 38.0 Å². The first-order valence-corrected chi connectivity index (χ1v) is 7.04. The summed E-state index contributed by atoms with van der Waals surface area (Å²) in [5.74, 6) is -0.970. The fourth-order valence-electron chi connectivity index (χ4n) is 2.61. The van der Waals surface area contributed by atoms with Crippen LogP contribution in [0.5, 0.6) is 0 Å². The van der Waals surface area contributed by atoms with Gasteiger partial charge in [0.1, 0.15) is 6.54 Å². The predicted molar refractivity (Wildman–Crippen MR) is 74.0 cm³/mol. The van der Waals surface area contributed by atoms with Gasteiger partial charge in [0, 0.05) is 12.1 Å². The number of carbonyl (C=O) groups excluding carboxylic acids is 1. The van der Waals surface area contributed by atoms with E-state index >= 15 is 0 Å². The average Bonchev–Trinajstić information content (AvgIpc) is 2.64. The van der Waals surface area contributed by atoms with E-state index in [0.29, 0.717) is 0 Å². The lowest BCUT2D eigenvalue weighted by Gasteiger charge is -2.29. The molecule has 0 saturated heterocycles. The monoisotopic (exact) mass is 270 g/mol. The van der Waals surface area contributed by atoms with Crippen LogP contribution in [0.4, 0.5) is 4.79 Å². The number of carboxylic acid groups (broad SMARTS) is 1. The number of urea groups is 1. The van der Waals surface area contributed by atoms with Crippen LogP contribution in [0.2, 0.25) is 0 Å². The second-order valence-electron chi connectivity index (χ2n) is 6.33. The molecular formula is C14H26N2O3. The van der Waals surface area contributed by atoms with Crippen LogP contribution in [0.3, 0.4) is 0 Å².